The molecule has 0 fully saturated rings. The smallest absolute Gasteiger partial charge is 0.268 e. The molecule has 25 heavy (non-hydrogen) atoms. The highest BCUT2D eigenvalue weighted by molar-refractivity contribution is 7.98. The van der Waals surface area contributed by atoms with Crippen LogP contribution in [0.2, 0.25) is 0 Å². The number of hydrogen-bond donors (Lipinski definition) is 1. The van der Waals surface area contributed by atoms with Crippen molar-refractivity contribution in [3.63, 3.8) is 0 Å². The van der Waals surface area contributed by atoms with Gasteiger partial charge in [-0.15, -0.1) is 11.3 Å². The number of imidazole rings is 1. The number of aryl methyl sites for hydroxylation is 1. The van der Waals surface area contributed by atoms with E-state index in [0.717, 1.165) is 27.8 Å². The van der Waals surface area contributed by atoms with Crippen LogP contribution in [-0.4, -0.2) is 20.1 Å². The highest BCUT2D eigenvalue weighted by Gasteiger charge is 2.12. The summed E-state index contributed by atoms with van der Waals surface area (Å²) in [5, 5.41) is 6.92. The van der Waals surface area contributed by atoms with Crippen molar-refractivity contribution in [2.24, 2.45) is 0 Å². The zero-order valence-corrected chi connectivity index (χ0v) is 15.2. The van der Waals surface area contributed by atoms with Gasteiger partial charge in [0.15, 0.2) is 11.0 Å². The molecule has 0 aliphatic carbocycles. The number of benzene rings is 1. The van der Waals surface area contributed by atoms with E-state index in [1.54, 1.807) is 23.1 Å². The van der Waals surface area contributed by atoms with Gasteiger partial charge in [-0.1, -0.05) is 53.3 Å². The molecular formula is C18H16N4OS2. The summed E-state index contributed by atoms with van der Waals surface area (Å²) in [6.45, 7) is 2.05. The third kappa shape index (κ3) is 3.83. The fourth-order valence-corrected chi connectivity index (χ4v) is 3.87. The Hall–Kier alpha value is -2.38. The molecule has 0 spiro atoms. The molecule has 4 rings (SSSR count). The SMILES string of the molecule is Cc1[nH]c(SCc2noc(-c3cccs3)n2)nc1Cc1ccccc1. The third-order valence-electron chi connectivity index (χ3n) is 3.72. The summed E-state index contributed by atoms with van der Waals surface area (Å²) < 4.78 is 5.31. The van der Waals surface area contributed by atoms with E-state index in [1.165, 1.54) is 5.56 Å². The number of aromatic nitrogens is 4. The first-order valence-electron chi connectivity index (χ1n) is 7.86. The molecule has 3 heterocycles. The molecule has 0 saturated carbocycles. The van der Waals surface area contributed by atoms with Crippen LogP contribution in [0.25, 0.3) is 10.8 Å². The van der Waals surface area contributed by atoms with Crippen LogP contribution in [0.4, 0.5) is 0 Å². The third-order valence-corrected chi connectivity index (χ3v) is 5.44. The van der Waals surface area contributed by atoms with E-state index in [9.17, 15) is 0 Å². The molecule has 0 aliphatic rings. The lowest BCUT2D eigenvalue weighted by molar-refractivity contribution is 0.426. The summed E-state index contributed by atoms with van der Waals surface area (Å²) in [5.41, 5.74) is 3.42. The first-order valence-corrected chi connectivity index (χ1v) is 9.73. The second kappa shape index (κ2) is 7.25. The second-order valence-electron chi connectivity index (χ2n) is 5.56. The topological polar surface area (TPSA) is 67.6 Å². The highest BCUT2D eigenvalue weighted by Crippen LogP contribution is 2.25. The Bertz CT molecular complexity index is 945. The fraction of sp³-hybridized carbons (Fsp3) is 0.167. The monoisotopic (exact) mass is 368 g/mol. The number of aromatic amines is 1. The Balaban J connectivity index is 1.41. The maximum absolute atomic E-state index is 5.31. The molecule has 0 amide bonds. The summed E-state index contributed by atoms with van der Waals surface area (Å²) in [4.78, 5) is 13.5. The van der Waals surface area contributed by atoms with Crippen molar-refractivity contribution in [2.45, 2.75) is 24.3 Å². The molecule has 0 saturated heterocycles. The quantitative estimate of drug-likeness (QED) is 0.499. The number of nitrogens with zero attached hydrogens (tertiary/aromatic N) is 3. The number of rotatable bonds is 6. The Kier molecular flexibility index (Phi) is 4.67. The highest BCUT2D eigenvalue weighted by atomic mass is 32.2. The van der Waals surface area contributed by atoms with Gasteiger partial charge in [0.2, 0.25) is 0 Å². The molecule has 0 unspecified atom stereocenters. The van der Waals surface area contributed by atoms with Gasteiger partial charge >= 0.3 is 0 Å². The van der Waals surface area contributed by atoms with E-state index >= 15 is 0 Å². The Morgan fingerprint density at radius 2 is 2.00 bits per heavy atom. The Morgan fingerprint density at radius 3 is 2.80 bits per heavy atom. The molecule has 1 N–H and O–H groups in total. The van der Waals surface area contributed by atoms with E-state index in [0.29, 0.717) is 17.5 Å². The summed E-state index contributed by atoms with van der Waals surface area (Å²) in [5.74, 6) is 1.87. The van der Waals surface area contributed by atoms with Gasteiger partial charge < -0.3 is 9.51 Å². The molecule has 0 aliphatic heterocycles. The zero-order chi connectivity index (χ0) is 17.1. The van der Waals surface area contributed by atoms with Crippen LogP contribution < -0.4 is 0 Å². The predicted molar refractivity (Wildman–Crippen MR) is 99.7 cm³/mol. The van der Waals surface area contributed by atoms with Crippen molar-refractivity contribution in [3.8, 4) is 10.8 Å². The van der Waals surface area contributed by atoms with Crippen molar-refractivity contribution < 1.29 is 4.52 Å². The second-order valence-corrected chi connectivity index (χ2v) is 7.47. The number of H-pyrrole nitrogens is 1. The molecule has 126 valence electrons. The van der Waals surface area contributed by atoms with Crippen LogP contribution >= 0.6 is 23.1 Å². The van der Waals surface area contributed by atoms with Gasteiger partial charge in [-0.05, 0) is 23.9 Å². The Morgan fingerprint density at radius 1 is 1.12 bits per heavy atom. The maximum Gasteiger partial charge on any atom is 0.268 e. The van der Waals surface area contributed by atoms with Crippen LogP contribution in [0.3, 0.4) is 0 Å². The number of thioether (sulfide) groups is 1. The molecule has 3 aromatic heterocycles. The molecule has 5 nitrogen and oxygen atoms in total. The van der Waals surface area contributed by atoms with Crippen molar-refractivity contribution >= 4 is 23.1 Å². The predicted octanol–water partition coefficient (Wildman–Crippen LogP) is 4.71. The van der Waals surface area contributed by atoms with E-state index < -0.39 is 0 Å². The molecule has 1 aromatic carbocycles. The minimum Gasteiger partial charge on any atom is -0.337 e. The van der Waals surface area contributed by atoms with Crippen molar-refractivity contribution in [1.29, 1.82) is 0 Å². The van der Waals surface area contributed by atoms with Crippen LogP contribution in [0.5, 0.6) is 0 Å². The zero-order valence-electron chi connectivity index (χ0n) is 13.6. The lowest BCUT2D eigenvalue weighted by Crippen LogP contribution is -1.90. The molecule has 7 heteroatoms. The van der Waals surface area contributed by atoms with Crippen molar-refractivity contribution in [2.75, 3.05) is 0 Å². The number of nitrogens with one attached hydrogen (secondary N) is 1. The van der Waals surface area contributed by atoms with E-state index in [-0.39, 0.29) is 0 Å². The first kappa shape index (κ1) is 16.1. The lowest BCUT2D eigenvalue weighted by Gasteiger charge is -1.98. The molecule has 0 radical (unpaired) electrons. The van der Waals surface area contributed by atoms with E-state index in [4.69, 9.17) is 9.51 Å². The summed E-state index contributed by atoms with van der Waals surface area (Å²) in [6, 6.07) is 14.3. The standard InChI is InChI=1S/C18H16N4OS2/c1-12-14(10-13-6-3-2-4-7-13)20-18(19-12)25-11-16-21-17(23-22-16)15-8-5-9-24-15/h2-9H,10-11H2,1H3,(H,19,20). The largest absolute Gasteiger partial charge is 0.337 e. The van der Waals surface area contributed by atoms with Crippen LogP contribution in [-0.2, 0) is 12.2 Å². The summed E-state index contributed by atoms with van der Waals surface area (Å²) >= 11 is 3.17. The Labute approximate surface area is 153 Å². The minimum atomic E-state index is 0.575. The summed E-state index contributed by atoms with van der Waals surface area (Å²) in [7, 11) is 0. The van der Waals surface area contributed by atoms with E-state index in [1.807, 2.05) is 23.6 Å². The molecule has 0 bridgehead atoms. The molecule has 0 atom stereocenters. The van der Waals surface area contributed by atoms with Gasteiger partial charge in [-0.2, -0.15) is 4.98 Å². The van der Waals surface area contributed by atoms with Gasteiger partial charge in [-0.3, -0.25) is 0 Å². The van der Waals surface area contributed by atoms with Crippen LogP contribution in [0, 0.1) is 6.92 Å². The van der Waals surface area contributed by atoms with Gasteiger partial charge in [0, 0.05) is 12.1 Å². The normalized spacial score (nSPS) is 11.1. The van der Waals surface area contributed by atoms with Gasteiger partial charge in [-0.25, -0.2) is 4.98 Å². The molecule has 4 aromatic rings. The number of thiophene rings is 1. The average molecular weight is 368 g/mol. The van der Waals surface area contributed by atoms with Gasteiger partial charge in [0.05, 0.1) is 16.3 Å². The van der Waals surface area contributed by atoms with Gasteiger partial charge in [0.25, 0.3) is 5.89 Å². The van der Waals surface area contributed by atoms with Crippen LogP contribution in [0.1, 0.15) is 22.8 Å². The molecular weight excluding hydrogens is 352 g/mol. The minimum absolute atomic E-state index is 0.575. The van der Waals surface area contributed by atoms with Crippen molar-refractivity contribution in [1.82, 2.24) is 20.1 Å². The lowest BCUT2D eigenvalue weighted by atomic mass is 10.1. The maximum atomic E-state index is 5.31. The number of hydrogen-bond acceptors (Lipinski definition) is 6. The van der Waals surface area contributed by atoms with Crippen LogP contribution in [0.15, 0.2) is 57.5 Å². The van der Waals surface area contributed by atoms with E-state index in [2.05, 4.69) is 46.3 Å². The summed E-state index contributed by atoms with van der Waals surface area (Å²) in [6.07, 6.45) is 0.828. The average Bonchev–Trinajstić information content (AvgIpc) is 3.35. The fourth-order valence-electron chi connectivity index (χ4n) is 2.44. The van der Waals surface area contributed by atoms with Crippen molar-refractivity contribution in [3.05, 3.63) is 70.6 Å². The first-order chi connectivity index (χ1) is 12.3. The van der Waals surface area contributed by atoms with Gasteiger partial charge in [0.1, 0.15) is 0 Å².